The van der Waals surface area contributed by atoms with Gasteiger partial charge in [0.1, 0.15) is 23.7 Å². The van der Waals surface area contributed by atoms with E-state index in [4.69, 9.17) is 18.9 Å². The Balaban J connectivity index is 1.51. The van der Waals surface area contributed by atoms with Crippen molar-refractivity contribution in [1.82, 2.24) is 0 Å². The first-order valence-electron chi connectivity index (χ1n) is 16.8. The van der Waals surface area contributed by atoms with Crippen LogP contribution in [-0.2, 0) is 38.8 Å². The van der Waals surface area contributed by atoms with E-state index in [2.05, 4.69) is 130 Å². The molecule has 5 rings (SSSR count). The van der Waals surface area contributed by atoms with Gasteiger partial charge in [0.05, 0.1) is 25.9 Å². The number of rotatable bonds is 11. The zero-order chi connectivity index (χ0) is 33.8. The van der Waals surface area contributed by atoms with Crippen molar-refractivity contribution in [2.75, 3.05) is 0 Å². The molecule has 0 saturated carbocycles. The highest BCUT2D eigenvalue weighted by Gasteiger charge is 2.47. The van der Waals surface area contributed by atoms with Gasteiger partial charge in [-0.3, -0.25) is 0 Å². The Morgan fingerprint density at radius 3 is 1.28 bits per heavy atom. The molecule has 47 heavy (non-hydrogen) atoms. The van der Waals surface area contributed by atoms with Gasteiger partial charge in [0, 0.05) is 4.90 Å². The standard InChI is InChI=1S/C42H52O4S/c1-25-16-28(4)36(29(5)17-25)22-43-39-34(10)46-42(47-35-14-12-11-13-15-35)41(45-24-38-32(8)20-27(3)21-33(38)9)40(39)44-23-37-30(6)18-26(2)19-31(37)7/h11-21,34,39-42H,22-24H2,1-10H3/t34-,39+,40+,41-,42+/m0/s1. The second kappa shape index (κ2) is 15.5. The molecule has 0 unspecified atom stereocenters. The van der Waals surface area contributed by atoms with Crippen LogP contribution in [0.25, 0.3) is 0 Å². The lowest BCUT2D eigenvalue weighted by atomic mass is 9.97. The minimum absolute atomic E-state index is 0.213. The number of aryl methyl sites for hydroxylation is 9. The molecule has 1 saturated heterocycles. The zero-order valence-corrected chi connectivity index (χ0v) is 30.7. The Morgan fingerprint density at radius 2 is 0.872 bits per heavy atom. The minimum atomic E-state index is -0.382. The summed E-state index contributed by atoms with van der Waals surface area (Å²) in [5, 5.41) is 0. The van der Waals surface area contributed by atoms with Gasteiger partial charge in [0.2, 0.25) is 0 Å². The van der Waals surface area contributed by atoms with Crippen LogP contribution in [-0.4, -0.2) is 29.9 Å². The van der Waals surface area contributed by atoms with E-state index in [9.17, 15) is 0 Å². The summed E-state index contributed by atoms with van der Waals surface area (Å²) in [5.74, 6) is 0. The summed E-state index contributed by atoms with van der Waals surface area (Å²) in [6.07, 6.45) is -1.29. The minimum Gasteiger partial charge on any atom is -0.368 e. The Hall–Kier alpha value is -2.93. The fourth-order valence-electron chi connectivity index (χ4n) is 7.15. The molecule has 5 atom stereocenters. The predicted molar refractivity (Wildman–Crippen MR) is 194 cm³/mol. The molecule has 0 N–H and O–H groups in total. The molecule has 0 aromatic heterocycles. The molecule has 250 valence electrons. The van der Waals surface area contributed by atoms with Crippen LogP contribution in [0.3, 0.4) is 0 Å². The van der Waals surface area contributed by atoms with Crippen LogP contribution in [0.5, 0.6) is 0 Å². The van der Waals surface area contributed by atoms with E-state index in [1.54, 1.807) is 11.8 Å². The lowest BCUT2D eigenvalue weighted by Gasteiger charge is -2.45. The first kappa shape index (κ1) is 35.4. The number of ether oxygens (including phenoxy) is 4. The highest BCUT2D eigenvalue weighted by Crippen LogP contribution is 2.39. The smallest absolute Gasteiger partial charge is 0.136 e. The normalized spacial score (nSPS) is 21.3. The Labute approximate surface area is 287 Å². The molecule has 0 aliphatic carbocycles. The summed E-state index contributed by atoms with van der Waals surface area (Å²) in [5.41, 5.74) is 14.6. The lowest BCUT2D eigenvalue weighted by Crippen LogP contribution is -2.58. The Kier molecular flexibility index (Phi) is 11.7. The highest BCUT2D eigenvalue weighted by atomic mass is 32.2. The molecule has 1 aliphatic heterocycles. The molecule has 1 fully saturated rings. The summed E-state index contributed by atoms with van der Waals surface area (Å²) in [4.78, 5) is 1.13. The maximum atomic E-state index is 7.03. The zero-order valence-electron chi connectivity index (χ0n) is 29.9. The topological polar surface area (TPSA) is 36.9 Å². The maximum Gasteiger partial charge on any atom is 0.136 e. The maximum absolute atomic E-state index is 7.03. The second-order valence-corrected chi connectivity index (χ2v) is 14.8. The third-order valence-corrected chi connectivity index (χ3v) is 10.7. The van der Waals surface area contributed by atoms with Crippen LogP contribution in [0.1, 0.15) is 73.7 Å². The van der Waals surface area contributed by atoms with Crippen molar-refractivity contribution in [3.63, 3.8) is 0 Å². The van der Waals surface area contributed by atoms with E-state index < -0.39 is 0 Å². The second-order valence-electron chi connectivity index (χ2n) is 13.6. The SMILES string of the molecule is Cc1cc(C)c(CO[C@@H]2[C@H](OCc3c(C)cc(C)cc3C)[C@H](C)O[C@H](Sc3ccccc3)[C@H]2OCc2c(C)cc(C)cc2C)c(C)c1. The van der Waals surface area contributed by atoms with E-state index >= 15 is 0 Å². The lowest BCUT2D eigenvalue weighted by molar-refractivity contribution is -0.243. The molecule has 4 nitrogen and oxygen atoms in total. The van der Waals surface area contributed by atoms with Gasteiger partial charge < -0.3 is 18.9 Å². The van der Waals surface area contributed by atoms with Crippen molar-refractivity contribution in [2.24, 2.45) is 0 Å². The third-order valence-electron chi connectivity index (χ3n) is 9.50. The molecular formula is C42H52O4S. The van der Waals surface area contributed by atoms with E-state index in [1.807, 2.05) is 6.07 Å². The molecule has 4 aromatic carbocycles. The summed E-state index contributed by atoms with van der Waals surface area (Å²) < 4.78 is 27.7. The van der Waals surface area contributed by atoms with Gasteiger partial charge in [-0.15, -0.1) is 0 Å². The Morgan fingerprint density at radius 1 is 0.511 bits per heavy atom. The van der Waals surface area contributed by atoms with Crippen LogP contribution >= 0.6 is 11.8 Å². The summed E-state index contributed by atoms with van der Waals surface area (Å²) in [6, 6.07) is 23.8. The van der Waals surface area contributed by atoms with Gasteiger partial charge in [-0.25, -0.2) is 0 Å². The summed E-state index contributed by atoms with van der Waals surface area (Å²) in [7, 11) is 0. The molecule has 1 heterocycles. The van der Waals surface area contributed by atoms with Gasteiger partial charge in [-0.05, 0) is 131 Å². The summed E-state index contributed by atoms with van der Waals surface area (Å²) in [6.45, 7) is 23.0. The van der Waals surface area contributed by atoms with Crippen molar-refractivity contribution < 1.29 is 18.9 Å². The number of benzene rings is 4. The number of hydrogen-bond donors (Lipinski definition) is 0. The van der Waals surface area contributed by atoms with Crippen molar-refractivity contribution >= 4 is 11.8 Å². The van der Waals surface area contributed by atoms with Crippen LogP contribution in [0.4, 0.5) is 0 Å². The van der Waals surface area contributed by atoms with Gasteiger partial charge >= 0.3 is 0 Å². The van der Waals surface area contributed by atoms with Gasteiger partial charge in [0.15, 0.2) is 0 Å². The van der Waals surface area contributed by atoms with Crippen LogP contribution < -0.4 is 0 Å². The fourth-order valence-corrected chi connectivity index (χ4v) is 8.33. The van der Waals surface area contributed by atoms with Gasteiger partial charge in [-0.2, -0.15) is 0 Å². The van der Waals surface area contributed by atoms with Gasteiger partial charge in [0.25, 0.3) is 0 Å². The van der Waals surface area contributed by atoms with E-state index in [-0.39, 0.29) is 29.9 Å². The molecule has 4 aromatic rings. The summed E-state index contributed by atoms with van der Waals surface area (Å²) >= 11 is 1.70. The molecule has 0 amide bonds. The average Bonchev–Trinajstić information content (AvgIpc) is 2.98. The number of thioether (sulfide) groups is 1. The molecule has 0 spiro atoms. The van der Waals surface area contributed by atoms with E-state index in [0.717, 1.165) is 4.90 Å². The largest absolute Gasteiger partial charge is 0.368 e. The molecule has 1 aliphatic rings. The monoisotopic (exact) mass is 652 g/mol. The predicted octanol–water partition coefficient (Wildman–Crippen LogP) is 10.1. The highest BCUT2D eigenvalue weighted by molar-refractivity contribution is 7.99. The molecule has 5 heteroatoms. The van der Waals surface area contributed by atoms with Crippen molar-refractivity contribution in [3.8, 4) is 0 Å². The van der Waals surface area contributed by atoms with Crippen molar-refractivity contribution in [1.29, 1.82) is 0 Å². The molecule has 0 bridgehead atoms. The molecular weight excluding hydrogens is 601 g/mol. The fraction of sp³-hybridized carbons (Fsp3) is 0.429. The van der Waals surface area contributed by atoms with Crippen LogP contribution in [0, 0.1) is 62.3 Å². The first-order valence-corrected chi connectivity index (χ1v) is 17.7. The van der Waals surface area contributed by atoms with E-state index in [1.165, 1.54) is 66.8 Å². The average molecular weight is 653 g/mol. The van der Waals surface area contributed by atoms with Crippen molar-refractivity contribution in [2.45, 2.75) is 124 Å². The molecule has 0 radical (unpaired) electrons. The van der Waals surface area contributed by atoms with Crippen LogP contribution in [0.2, 0.25) is 0 Å². The quantitative estimate of drug-likeness (QED) is 0.161. The van der Waals surface area contributed by atoms with Crippen LogP contribution in [0.15, 0.2) is 71.6 Å². The first-order chi connectivity index (χ1) is 22.4. The third kappa shape index (κ3) is 8.57. The Bertz CT molecular complexity index is 1610. The van der Waals surface area contributed by atoms with Gasteiger partial charge in [-0.1, -0.05) is 83.0 Å². The van der Waals surface area contributed by atoms with E-state index in [0.29, 0.717) is 19.8 Å². The van der Waals surface area contributed by atoms with Crippen molar-refractivity contribution in [3.05, 3.63) is 133 Å². The number of hydrogen-bond acceptors (Lipinski definition) is 5.